The number of ether oxygens (including phenoxy) is 1. The number of carbonyl (C=O) groups is 1. The lowest BCUT2D eigenvalue weighted by Gasteiger charge is -2.39. The summed E-state index contributed by atoms with van der Waals surface area (Å²) in [7, 11) is 1.71. The van der Waals surface area contributed by atoms with Crippen LogP contribution in [-0.2, 0) is 16.0 Å². The van der Waals surface area contributed by atoms with E-state index in [0.29, 0.717) is 18.1 Å². The summed E-state index contributed by atoms with van der Waals surface area (Å²) >= 11 is 0. The van der Waals surface area contributed by atoms with Crippen LogP contribution in [0.15, 0.2) is 24.3 Å². The molecule has 20 heavy (non-hydrogen) atoms. The fourth-order valence-electron chi connectivity index (χ4n) is 3.78. The van der Waals surface area contributed by atoms with Gasteiger partial charge >= 0.3 is 0 Å². The number of hydrogen-bond donors (Lipinski definition) is 0. The van der Waals surface area contributed by atoms with Crippen LogP contribution in [0.3, 0.4) is 0 Å². The van der Waals surface area contributed by atoms with Gasteiger partial charge in [-0.2, -0.15) is 0 Å². The molecule has 0 amide bonds. The zero-order chi connectivity index (χ0) is 14.2. The van der Waals surface area contributed by atoms with E-state index in [2.05, 4.69) is 31.2 Å². The van der Waals surface area contributed by atoms with Crippen molar-refractivity contribution in [2.45, 2.75) is 57.0 Å². The molecule has 2 nitrogen and oxygen atoms in total. The molecule has 0 radical (unpaired) electrons. The molecular weight excluding hydrogens is 248 g/mol. The Labute approximate surface area is 121 Å². The first-order valence-corrected chi connectivity index (χ1v) is 7.81. The van der Waals surface area contributed by atoms with Crippen LogP contribution in [0.4, 0.5) is 0 Å². The van der Waals surface area contributed by atoms with Crippen LogP contribution < -0.4 is 0 Å². The van der Waals surface area contributed by atoms with E-state index in [1.165, 1.54) is 11.1 Å². The minimum Gasteiger partial charge on any atom is -0.370 e. The average molecular weight is 272 g/mol. The minimum atomic E-state index is -0.489. The lowest BCUT2D eigenvalue weighted by molar-refractivity contribution is -0.146. The van der Waals surface area contributed by atoms with Gasteiger partial charge in [-0.05, 0) is 55.1 Å². The third kappa shape index (κ3) is 2.31. The maximum Gasteiger partial charge on any atom is 0.165 e. The first-order valence-electron chi connectivity index (χ1n) is 7.81. The maximum atomic E-state index is 12.7. The van der Waals surface area contributed by atoms with Crippen LogP contribution in [0.1, 0.15) is 56.1 Å². The van der Waals surface area contributed by atoms with E-state index in [1.54, 1.807) is 7.11 Å². The van der Waals surface area contributed by atoms with Crippen LogP contribution >= 0.6 is 0 Å². The molecule has 0 N–H and O–H groups in total. The second-order valence-corrected chi connectivity index (χ2v) is 6.61. The molecule has 2 aliphatic rings. The molecule has 1 aromatic carbocycles. The molecule has 1 fully saturated rings. The molecule has 2 aliphatic carbocycles. The Bertz CT molecular complexity index is 498. The minimum absolute atomic E-state index is 0.325. The van der Waals surface area contributed by atoms with Crippen LogP contribution in [0.25, 0.3) is 0 Å². The number of carbonyl (C=O) groups excluding carboxylic acids is 1. The molecule has 1 atom stereocenters. The van der Waals surface area contributed by atoms with Gasteiger partial charge < -0.3 is 4.74 Å². The van der Waals surface area contributed by atoms with Gasteiger partial charge in [-0.3, -0.25) is 4.79 Å². The largest absolute Gasteiger partial charge is 0.370 e. The van der Waals surface area contributed by atoms with Crippen molar-refractivity contribution in [3.63, 3.8) is 0 Å². The van der Waals surface area contributed by atoms with Gasteiger partial charge in [-0.25, -0.2) is 0 Å². The Hall–Kier alpha value is -1.15. The van der Waals surface area contributed by atoms with Crippen molar-refractivity contribution in [2.24, 2.45) is 5.92 Å². The number of Topliss-reactive ketones (excluding diaryl/α,β-unsaturated/α-hetero) is 1. The van der Waals surface area contributed by atoms with Gasteiger partial charge in [0.25, 0.3) is 0 Å². The SMILES string of the molecule is COC1(C(=O)CC2Cc3ccccc32)CCC(C)CC1. The van der Waals surface area contributed by atoms with Gasteiger partial charge in [0, 0.05) is 13.5 Å². The number of hydrogen-bond acceptors (Lipinski definition) is 2. The Kier molecular flexibility index (Phi) is 3.68. The normalized spacial score (nSPS) is 32.3. The van der Waals surface area contributed by atoms with Crippen LogP contribution in [-0.4, -0.2) is 18.5 Å². The molecule has 108 valence electrons. The Morgan fingerprint density at radius 3 is 2.65 bits per heavy atom. The zero-order valence-electron chi connectivity index (χ0n) is 12.5. The summed E-state index contributed by atoms with van der Waals surface area (Å²) in [5.41, 5.74) is 2.29. The van der Waals surface area contributed by atoms with E-state index in [0.717, 1.165) is 38.0 Å². The standard InChI is InChI=1S/C18H24O2/c1-13-7-9-18(20-2,10-8-13)17(19)12-15-11-14-5-3-4-6-16(14)15/h3-6,13,15H,7-12H2,1-2H3. The third-order valence-corrected chi connectivity index (χ3v) is 5.37. The highest BCUT2D eigenvalue weighted by molar-refractivity contribution is 5.88. The lowest BCUT2D eigenvalue weighted by Crippen LogP contribution is -2.45. The molecule has 1 aromatic rings. The average Bonchev–Trinajstić information content (AvgIpc) is 2.46. The maximum absolute atomic E-state index is 12.7. The van der Waals surface area contributed by atoms with Gasteiger partial charge in [0.05, 0.1) is 0 Å². The van der Waals surface area contributed by atoms with Crippen LogP contribution in [0.5, 0.6) is 0 Å². The van der Waals surface area contributed by atoms with Gasteiger partial charge in [0.1, 0.15) is 5.60 Å². The molecule has 0 saturated heterocycles. The summed E-state index contributed by atoms with van der Waals surface area (Å²) in [6.45, 7) is 2.27. The summed E-state index contributed by atoms with van der Waals surface area (Å²) in [6, 6.07) is 8.49. The van der Waals surface area contributed by atoms with Crippen LogP contribution in [0.2, 0.25) is 0 Å². The smallest absolute Gasteiger partial charge is 0.165 e. The van der Waals surface area contributed by atoms with Crippen LogP contribution in [0, 0.1) is 5.92 Å². The van der Waals surface area contributed by atoms with Crippen molar-refractivity contribution in [2.75, 3.05) is 7.11 Å². The van der Waals surface area contributed by atoms with Crippen molar-refractivity contribution in [1.29, 1.82) is 0 Å². The second-order valence-electron chi connectivity index (χ2n) is 6.61. The molecule has 0 spiro atoms. The molecular formula is C18H24O2. The van der Waals surface area contributed by atoms with E-state index in [4.69, 9.17) is 4.74 Å². The highest BCUT2D eigenvalue weighted by Gasteiger charge is 2.42. The van der Waals surface area contributed by atoms with Gasteiger partial charge in [-0.15, -0.1) is 0 Å². The van der Waals surface area contributed by atoms with Crippen molar-refractivity contribution in [1.82, 2.24) is 0 Å². The van der Waals surface area contributed by atoms with E-state index < -0.39 is 5.60 Å². The summed E-state index contributed by atoms with van der Waals surface area (Å²) < 4.78 is 5.70. The monoisotopic (exact) mass is 272 g/mol. The van der Waals surface area contributed by atoms with E-state index in [1.807, 2.05) is 0 Å². The van der Waals surface area contributed by atoms with Gasteiger partial charge in [-0.1, -0.05) is 31.2 Å². The third-order valence-electron chi connectivity index (χ3n) is 5.37. The Morgan fingerprint density at radius 1 is 1.30 bits per heavy atom. The van der Waals surface area contributed by atoms with Gasteiger partial charge in [0.2, 0.25) is 0 Å². The van der Waals surface area contributed by atoms with E-state index >= 15 is 0 Å². The number of ketones is 1. The highest BCUT2D eigenvalue weighted by atomic mass is 16.5. The molecule has 1 saturated carbocycles. The molecule has 0 bridgehead atoms. The quantitative estimate of drug-likeness (QED) is 0.831. The number of benzene rings is 1. The number of methoxy groups -OCH3 is 1. The lowest BCUT2D eigenvalue weighted by atomic mass is 9.70. The molecule has 1 unspecified atom stereocenters. The highest BCUT2D eigenvalue weighted by Crippen LogP contribution is 2.41. The first-order chi connectivity index (χ1) is 9.64. The predicted octanol–water partition coefficient (Wildman–Crippen LogP) is 3.88. The number of rotatable bonds is 4. The molecule has 0 aromatic heterocycles. The van der Waals surface area contributed by atoms with E-state index in [9.17, 15) is 4.79 Å². The summed E-state index contributed by atoms with van der Waals surface area (Å²) in [5.74, 6) is 1.48. The molecule has 0 aliphatic heterocycles. The fourth-order valence-corrected chi connectivity index (χ4v) is 3.78. The van der Waals surface area contributed by atoms with Gasteiger partial charge in [0.15, 0.2) is 5.78 Å². The molecule has 3 rings (SSSR count). The van der Waals surface area contributed by atoms with Crippen molar-refractivity contribution in [3.05, 3.63) is 35.4 Å². The van der Waals surface area contributed by atoms with Crippen molar-refractivity contribution in [3.8, 4) is 0 Å². The topological polar surface area (TPSA) is 26.3 Å². The molecule has 0 heterocycles. The summed E-state index contributed by atoms with van der Waals surface area (Å²) in [6.07, 6.45) is 5.73. The fraction of sp³-hybridized carbons (Fsp3) is 0.611. The first kappa shape index (κ1) is 13.8. The summed E-state index contributed by atoms with van der Waals surface area (Å²) in [5, 5.41) is 0. The number of fused-ring (bicyclic) bond motifs is 1. The van der Waals surface area contributed by atoms with E-state index in [-0.39, 0.29) is 0 Å². The summed E-state index contributed by atoms with van der Waals surface area (Å²) in [4.78, 5) is 12.7. The predicted molar refractivity (Wildman–Crippen MR) is 79.9 cm³/mol. The second kappa shape index (κ2) is 5.33. The van der Waals surface area contributed by atoms with Crippen molar-refractivity contribution < 1.29 is 9.53 Å². The van der Waals surface area contributed by atoms with Crippen molar-refractivity contribution >= 4 is 5.78 Å². The Morgan fingerprint density at radius 2 is 2.00 bits per heavy atom. The molecule has 2 heteroatoms. The zero-order valence-corrected chi connectivity index (χ0v) is 12.5. The Balaban J connectivity index is 1.67.